The zero-order valence-corrected chi connectivity index (χ0v) is 16.6. The minimum absolute atomic E-state index is 0.138. The number of hydrogen-bond acceptors (Lipinski definition) is 4. The molecule has 0 saturated carbocycles. The van der Waals surface area contributed by atoms with Crippen molar-refractivity contribution in [3.63, 3.8) is 0 Å². The fourth-order valence-electron chi connectivity index (χ4n) is 3.48. The molecule has 25 heavy (non-hydrogen) atoms. The van der Waals surface area contributed by atoms with Gasteiger partial charge in [-0.1, -0.05) is 39.8 Å². The molecule has 1 aliphatic rings. The Hall–Kier alpha value is -1.10. The number of rotatable bonds is 8. The fraction of sp³-hybridized carbons (Fsp3) is 0.714. The predicted molar refractivity (Wildman–Crippen MR) is 105 cm³/mol. The monoisotopic (exact) mass is 348 g/mol. The van der Waals surface area contributed by atoms with Gasteiger partial charge in [0.05, 0.1) is 0 Å². The highest BCUT2D eigenvalue weighted by molar-refractivity contribution is 5.38. The zero-order chi connectivity index (χ0) is 18.4. The minimum Gasteiger partial charge on any atom is -0.491 e. The van der Waals surface area contributed by atoms with Crippen molar-refractivity contribution in [1.29, 1.82) is 0 Å². The first-order chi connectivity index (χ1) is 11.8. The third-order valence-electron chi connectivity index (χ3n) is 5.14. The highest BCUT2D eigenvalue weighted by Gasteiger charge is 2.22. The van der Waals surface area contributed by atoms with Gasteiger partial charge in [0.2, 0.25) is 0 Å². The maximum atomic E-state index is 10.2. The molecule has 0 aromatic heterocycles. The summed E-state index contributed by atoms with van der Waals surface area (Å²) in [7, 11) is 0. The van der Waals surface area contributed by atoms with Crippen LogP contribution in [0.15, 0.2) is 18.2 Å². The van der Waals surface area contributed by atoms with E-state index < -0.39 is 6.10 Å². The number of likely N-dealkylation sites (N-methyl/N-ethyl adjacent to an activating group) is 1. The van der Waals surface area contributed by atoms with E-state index in [2.05, 4.69) is 57.0 Å². The molecule has 0 unspecified atom stereocenters. The predicted octanol–water partition coefficient (Wildman–Crippen LogP) is 3.11. The van der Waals surface area contributed by atoms with Gasteiger partial charge in [0.15, 0.2) is 0 Å². The van der Waals surface area contributed by atoms with Crippen LogP contribution in [0.1, 0.15) is 51.7 Å². The third kappa shape index (κ3) is 5.98. The topological polar surface area (TPSA) is 44.7 Å². The first-order valence-corrected chi connectivity index (χ1v) is 9.68. The van der Waals surface area contributed by atoms with Gasteiger partial charge in [0.1, 0.15) is 18.5 Å². The highest BCUT2D eigenvalue weighted by atomic mass is 16.5. The molecule has 142 valence electrons. The van der Waals surface area contributed by atoms with E-state index in [1.807, 2.05) is 6.07 Å². The smallest absolute Gasteiger partial charge is 0.122 e. The molecule has 2 rings (SSSR count). The molecular weight excluding hydrogens is 312 g/mol. The molecule has 1 fully saturated rings. The molecule has 0 spiro atoms. The van der Waals surface area contributed by atoms with Crippen LogP contribution < -0.4 is 10.1 Å². The van der Waals surface area contributed by atoms with Crippen molar-refractivity contribution in [3.8, 4) is 5.75 Å². The van der Waals surface area contributed by atoms with Crippen molar-refractivity contribution < 1.29 is 9.84 Å². The molecule has 1 heterocycles. The normalized spacial score (nSPS) is 20.0. The Balaban J connectivity index is 1.73. The van der Waals surface area contributed by atoms with Crippen molar-refractivity contribution in [2.24, 2.45) is 0 Å². The highest BCUT2D eigenvalue weighted by Crippen LogP contribution is 2.27. The van der Waals surface area contributed by atoms with E-state index in [1.165, 1.54) is 24.9 Å². The maximum absolute atomic E-state index is 10.2. The number of aliphatic hydroxyl groups is 1. The van der Waals surface area contributed by atoms with E-state index in [9.17, 15) is 5.11 Å². The summed E-state index contributed by atoms with van der Waals surface area (Å²) in [4.78, 5) is 2.51. The Labute approximate surface area is 153 Å². The second-order valence-corrected chi connectivity index (χ2v) is 8.28. The first kappa shape index (κ1) is 20.2. The van der Waals surface area contributed by atoms with E-state index in [-0.39, 0.29) is 5.41 Å². The Morgan fingerprint density at radius 3 is 2.76 bits per heavy atom. The van der Waals surface area contributed by atoms with Crippen LogP contribution in [0.3, 0.4) is 0 Å². The zero-order valence-electron chi connectivity index (χ0n) is 16.6. The maximum Gasteiger partial charge on any atom is 0.122 e. The van der Waals surface area contributed by atoms with E-state index >= 15 is 0 Å². The summed E-state index contributed by atoms with van der Waals surface area (Å²) in [6.07, 6.45) is 2.06. The second-order valence-electron chi connectivity index (χ2n) is 8.28. The molecule has 4 heteroatoms. The lowest BCUT2D eigenvalue weighted by molar-refractivity contribution is 0.104. The van der Waals surface area contributed by atoms with Crippen molar-refractivity contribution in [2.45, 2.75) is 65.0 Å². The van der Waals surface area contributed by atoms with Crippen LogP contribution >= 0.6 is 0 Å². The molecule has 1 saturated heterocycles. The van der Waals surface area contributed by atoms with Gasteiger partial charge in [-0.2, -0.15) is 0 Å². The number of hydrogen-bond donors (Lipinski definition) is 2. The van der Waals surface area contributed by atoms with Gasteiger partial charge in [-0.25, -0.2) is 0 Å². The number of aliphatic hydroxyl groups excluding tert-OH is 1. The molecule has 0 amide bonds. The number of ether oxygens (including phenoxy) is 1. The average molecular weight is 349 g/mol. The number of benzene rings is 1. The molecule has 4 nitrogen and oxygen atoms in total. The number of nitrogens with zero attached hydrogens (tertiary/aromatic N) is 1. The van der Waals surface area contributed by atoms with Crippen molar-refractivity contribution in [1.82, 2.24) is 10.2 Å². The van der Waals surface area contributed by atoms with Crippen LogP contribution in [0.25, 0.3) is 0 Å². The van der Waals surface area contributed by atoms with E-state index in [0.29, 0.717) is 19.2 Å². The molecule has 0 radical (unpaired) electrons. The lowest BCUT2D eigenvalue weighted by Gasteiger charge is -2.24. The Morgan fingerprint density at radius 2 is 2.12 bits per heavy atom. The molecule has 0 aliphatic carbocycles. The van der Waals surface area contributed by atoms with Crippen molar-refractivity contribution >= 4 is 0 Å². The first-order valence-electron chi connectivity index (χ1n) is 9.68. The van der Waals surface area contributed by atoms with Gasteiger partial charge in [0.25, 0.3) is 0 Å². The second kappa shape index (κ2) is 9.02. The Bertz CT molecular complexity index is 539. The summed E-state index contributed by atoms with van der Waals surface area (Å²) in [6, 6.07) is 6.93. The SMILES string of the molecule is CCN1CCC[C@@H]1CNC[C@@H](O)COc1ccc(C(C)(C)C)cc1C. The van der Waals surface area contributed by atoms with Crippen LogP contribution in [0.4, 0.5) is 0 Å². The minimum atomic E-state index is -0.488. The van der Waals surface area contributed by atoms with Gasteiger partial charge < -0.3 is 15.2 Å². The van der Waals surface area contributed by atoms with Gasteiger partial charge in [-0.15, -0.1) is 0 Å². The molecular formula is C21H36N2O2. The summed E-state index contributed by atoms with van der Waals surface area (Å²) in [5, 5.41) is 13.6. The summed E-state index contributed by atoms with van der Waals surface area (Å²) in [5.74, 6) is 0.861. The lowest BCUT2D eigenvalue weighted by atomic mass is 9.86. The van der Waals surface area contributed by atoms with Gasteiger partial charge in [-0.05, 0) is 55.5 Å². The van der Waals surface area contributed by atoms with Gasteiger partial charge in [-0.3, -0.25) is 4.90 Å². The largest absolute Gasteiger partial charge is 0.491 e. The summed E-state index contributed by atoms with van der Waals surface area (Å²) < 4.78 is 5.83. The van der Waals surface area contributed by atoms with Crippen LogP contribution in [0.5, 0.6) is 5.75 Å². The van der Waals surface area contributed by atoms with Gasteiger partial charge in [0, 0.05) is 19.1 Å². The molecule has 0 bridgehead atoms. The number of aryl methyl sites for hydroxylation is 1. The van der Waals surface area contributed by atoms with E-state index in [0.717, 1.165) is 24.4 Å². The number of nitrogens with one attached hydrogen (secondary N) is 1. The van der Waals surface area contributed by atoms with Crippen LogP contribution in [0.2, 0.25) is 0 Å². The molecule has 1 aliphatic heterocycles. The van der Waals surface area contributed by atoms with E-state index in [1.54, 1.807) is 0 Å². The van der Waals surface area contributed by atoms with E-state index in [4.69, 9.17) is 4.74 Å². The van der Waals surface area contributed by atoms with Crippen LogP contribution in [-0.2, 0) is 5.41 Å². The summed E-state index contributed by atoms with van der Waals surface area (Å²) >= 11 is 0. The number of likely N-dealkylation sites (tertiary alicyclic amines) is 1. The molecule has 1 aromatic carbocycles. The van der Waals surface area contributed by atoms with Crippen molar-refractivity contribution in [2.75, 3.05) is 32.8 Å². The summed E-state index contributed by atoms with van der Waals surface area (Å²) in [5.41, 5.74) is 2.56. The average Bonchev–Trinajstić information content (AvgIpc) is 3.00. The lowest BCUT2D eigenvalue weighted by Crippen LogP contribution is -2.41. The Kier molecular flexibility index (Phi) is 7.29. The standard InChI is InChI=1S/C21H36N2O2/c1-6-23-11-7-8-18(23)13-22-14-19(24)15-25-20-10-9-17(12-16(20)2)21(3,4)5/h9-10,12,18-19,22,24H,6-8,11,13-15H2,1-5H3/t18-,19-/m1/s1. The summed E-state index contributed by atoms with van der Waals surface area (Å²) in [6.45, 7) is 15.1. The molecule has 2 atom stereocenters. The fourth-order valence-corrected chi connectivity index (χ4v) is 3.48. The van der Waals surface area contributed by atoms with Gasteiger partial charge >= 0.3 is 0 Å². The molecule has 2 N–H and O–H groups in total. The Morgan fingerprint density at radius 1 is 1.36 bits per heavy atom. The van der Waals surface area contributed by atoms with Crippen LogP contribution in [0, 0.1) is 6.92 Å². The van der Waals surface area contributed by atoms with Crippen LogP contribution in [-0.4, -0.2) is 54.9 Å². The third-order valence-corrected chi connectivity index (χ3v) is 5.14. The van der Waals surface area contributed by atoms with Crippen molar-refractivity contribution in [3.05, 3.63) is 29.3 Å². The molecule has 1 aromatic rings. The quantitative estimate of drug-likeness (QED) is 0.758.